The number of hydrogen-bond donors (Lipinski definition) is 1. The zero-order valence-electron chi connectivity index (χ0n) is 12.7. The van der Waals surface area contributed by atoms with E-state index < -0.39 is 0 Å². The third-order valence-corrected chi connectivity index (χ3v) is 5.04. The second kappa shape index (κ2) is 6.20. The summed E-state index contributed by atoms with van der Waals surface area (Å²) in [7, 11) is 0. The molecular formula is C14H19N5O2S. The summed E-state index contributed by atoms with van der Waals surface area (Å²) in [4.78, 5) is 38.1. The van der Waals surface area contributed by atoms with Gasteiger partial charge in [0.05, 0.1) is 0 Å². The summed E-state index contributed by atoms with van der Waals surface area (Å²) in [5, 5.41) is 3.41. The summed E-state index contributed by atoms with van der Waals surface area (Å²) in [5.74, 6) is 0.548. The van der Waals surface area contributed by atoms with Crippen molar-refractivity contribution in [1.82, 2.24) is 10.2 Å². The van der Waals surface area contributed by atoms with E-state index in [1.54, 1.807) is 0 Å². The Morgan fingerprint density at radius 1 is 1.41 bits per heavy atom. The van der Waals surface area contributed by atoms with Crippen molar-refractivity contribution in [3.05, 3.63) is 0 Å². The van der Waals surface area contributed by atoms with Gasteiger partial charge in [0.1, 0.15) is 6.34 Å². The monoisotopic (exact) mass is 321 g/mol. The Morgan fingerprint density at radius 2 is 2.14 bits per heavy atom. The molecule has 0 radical (unpaired) electrons. The number of amidine groups is 2. The van der Waals surface area contributed by atoms with Crippen LogP contribution in [0.15, 0.2) is 15.0 Å². The minimum absolute atomic E-state index is 0.0650. The third kappa shape index (κ3) is 3.06. The molecule has 1 N–H and O–H groups in total. The van der Waals surface area contributed by atoms with E-state index in [2.05, 4.69) is 25.2 Å². The van der Waals surface area contributed by atoms with Gasteiger partial charge in [-0.3, -0.25) is 9.59 Å². The van der Waals surface area contributed by atoms with Gasteiger partial charge in [0.25, 0.3) is 5.91 Å². The van der Waals surface area contributed by atoms with Crippen LogP contribution in [0.2, 0.25) is 0 Å². The fourth-order valence-electron chi connectivity index (χ4n) is 2.69. The second-order valence-corrected chi connectivity index (χ2v) is 6.96. The topological polar surface area (TPSA) is 86.5 Å². The van der Waals surface area contributed by atoms with Gasteiger partial charge in [-0.2, -0.15) is 0 Å². The van der Waals surface area contributed by atoms with E-state index in [-0.39, 0.29) is 29.0 Å². The number of piperidine rings is 1. The zero-order valence-corrected chi connectivity index (χ0v) is 13.5. The minimum Gasteiger partial charge on any atom is -0.354 e. The molecule has 0 bridgehead atoms. The average Bonchev–Trinajstić information content (AvgIpc) is 2.92. The Kier molecular flexibility index (Phi) is 4.28. The molecule has 118 valence electrons. The van der Waals surface area contributed by atoms with Crippen molar-refractivity contribution in [3.8, 4) is 0 Å². The molecular weight excluding hydrogens is 302 g/mol. The first-order valence-corrected chi connectivity index (χ1v) is 8.37. The molecule has 0 aromatic carbocycles. The number of nitrogens with one attached hydrogen (secondary N) is 1. The fraction of sp³-hybridized carbons (Fsp3) is 0.643. The number of hydrogen-bond acceptors (Lipinski definition) is 6. The highest BCUT2D eigenvalue weighted by Crippen LogP contribution is 2.30. The van der Waals surface area contributed by atoms with Crippen LogP contribution in [0.4, 0.5) is 0 Å². The van der Waals surface area contributed by atoms with Crippen molar-refractivity contribution in [2.75, 3.05) is 13.1 Å². The predicted octanol–water partition coefficient (Wildman–Crippen LogP) is 0.661. The Bertz CT molecular complexity index is 576. The third-order valence-electron chi connectivity index (χ3n) is 3.83. The van der Waals surface area contributed by atoms with Gasteiger partial charge in [0, 0.05) is 25.0 Å². The highest BCUT2D eigenvalue weighted by Gasteiger charge is 2.37. The quantitative estimate of drug-likeness (QED) is 0.809. The molecule has 1 saturated heterocycles. The number of likely N-dealkylation sites (tertiary alicyclic amines) is 1. The molecule has 0 aromatic heterocycles. The molecule has 2 amide bonds. The van der Waals surface area contributed by atoms with Gasteiger partial charge < -0.3 is 10.2 Å². The largest absolute Gasteiger partial charge is 0.354 e. The standard InChI is InChI=1S/C14H19N5O2S/c1-8(2)17-12(20)9-3-5-19(6-4-9)14-18-11-10(22-14)13(21)16-7-15-11/h7-10H,3-6H2,1-2H3,(H,17,20). The number of carbonyl (C=O) groups excluding carboxylic acids is 2. The number of amides is 2. The van der Waals surface area contributed by atoms with Crippen LogP contribution < -0.4 is 5.32 Å². The lowest BCUT2D eigenvalue weighted by Crippen LogP contribution is -2.43. The van der Waals surface area contributed by atoms with E-state index in [0.29, 0.717) is 5.84 Å². The molecule has 7 nitrogen and oxygen atoms in total. The van der Waals surface area contributed by atoms with Gasteiger partial charge >= 0.3 is 0 Å². The average molecular weight is 321 g/mol. The molecule has 3 heterocycles. The second-order valence-electron chi connectivity index (χ2n) is 5.89. The van der Waals surface area contributed by atoms with Crippen molar-refractivity contribution >= 4 is 40.9 Å². The first-order valence-electron chi connectivity index (χ1n) is 7.49. The first kappa shape index (κ1) is 15.2. The number of carbonyl (C=O) groups is 2. The first-order chi connectivity index (χ1) is 10.5. The van der Waals surface area contributed by atoms with E-state index in [4.69, 9.17) is 0 Å². The molecule has 3 aliphatic heterocycles. The molecule has 1 fully saturated rings. The maximum absolute atomic E-state index is 12.0. The predicted molar refractivity (Wildman–Crippen MR) is 87.3 cm³/mol. The van der Waals surface area contributed by atoms with Crippen LogP contribution in [0, 0.1) is 5.92 Å². The number of aliphatic imine (C=N–C) groups is 3. The molecule has 1 unspecified atom stereocenters. The maximum Gasteiger partial charge on any atom is 0.268 e. The van der Waals surface area contributed by atoms with Crippen molar-refractivity contribution in [2.45, 2.75) is 38.0 Å². The van der Waals surface area contributed by atoms with E-state index in [1.807, 2.05) is 13.8 Å². The summed E-state index contributed by atoms with van der Waals surface area (Å²) in [6, 6.07) is 0.174. The minimum atomic E-state index is -0.387. The zero-order chi connectivity index (χ0) is 15.7. The van der Waals surface area contributed by atoms with E-state index in [0.717, 1.165) is 31.1 Å². The molecule has 0 spiro atoms. The number of fused-ring (bicyclic) bond motifs is 1. The lowest BCUT2D eigenvalue weighted by molar-refractivity contribution is -0.126. The SMILES string of the molecule is CC(C)NC(=O)C1CCN(C2=NC3=NC=NC(=O)C3S2)CC1. The van der Waals surface area contributed by atoms with Gasteiger partial charge in [-0.25, -0.2) is 15.0 Å². The number of nitrogens with zero attached hydrogens (tertiary/aromatic N) is 4. The van der Waals surface area contributed by atoms with Crippen molar-refractivity contribution < 1.29 is 9.59 Å². The van der Waals surface area contributed by atoms with Crippen LogP contribution in [0.25, 0.3) is 0 Å². The van der Waals surface area contributed by atoms with Gasteiger partial charge in [0.2, 0.25) is 5.91 Å². The summed E-state index contributed by atoms with van der Waals surface area (Å²) in [5.41, 5.74) is 0. The lowest BCUT2D eigenvalue weighted by atomic mass is 9.96. The van der Waals surface area contributed by atoms with Gasteiger partial charge in [-0.05, 0) is 26.7 Å². The number of rotatable bonds is 2. The molecule has 0 saturated carbocycles. The summed E-state index contributed by atoms with van der Waals surface area (Å²) < 4.78 is 0. The molecule has 0 aromatic rings. The maximum atomic E-state index is 12.0. The molecule has 0 aliphatic carbocycles. The normalized spacial score (nSPS) is 25.1. The van der Waals surface area contributed by atoms with Crippen molar-refractivity contribution in [1.29, 1.82) is 0 Å². The summed E-state index contributed by atoms with van der Waals surface area (Å²) in [6.45, 7) is 5.49. The Hall–Kier alpha value is -1.70. The summed E-state index contributed by atoms with van der Waals surface area (Å²) >= 11 is 1.41. The smallest absolute Gasteiger partial charge is 0.268 e. The van der Waals surface area contributed by atoms with Crippen LogP contribution in [0.5, 0.6) is 0 Å². The highest BCUT2D eigenvalue weighted by molar-refractivity contribution is 8.16. The van der Waals surface area contributed by atoms with E-state index in [1.165, 1.54) is 18.1 Å². The summed E-state index contributed by atoms with van der Waals surface area (Å²) in [6.07, 6.45) is 2.88. The van der Waals surface area contributed by atoms with Gasteiger partial charge in [-0.15, -0.1) is 0 Å². The van der Waals surface area contributed by atoms with Crippen LogP contribution >= 0.6 is 11.8 Å². The molecule has 1 atom stereocenters. The van der Waals surface area contributed by atoms with E-state index in [9.17, 15) is 9.59 Å². The molecule has 8 heteroatoms. The van der Waals surface area contributed by atoms with Crippen LogP contribution in [0.1, 0.15) is 26.7 Å². The Balaban J connectivity index is 1.58. The fourth-order valence-corrected chi connectivity index (χ4v) is 3.76. The van der Waals surface area contributed by atoms with Gasteiger partial charge in [-0.1, -0.05) is 11.8 Å². The van der Waals surface area contributed by atoms with Gasteiger partial charge in [0.15, 0.2) is 16.3 Å². The number of thioether (sulfide) groups is 1. The Morgan fingerprint density at radius 3 is 2.77 bits per heavy atom. The van der Waals surface area contributed by atoms with E-state index >= 15 is 0 Å². The van der Waals surface area contributed by atoms with Crippen molar-refractivity contribution in [2.24, 2.45) is 20.9 Å². The van der Waals surface area contributed by atoms with Crippen LogP contribution in [-0.2, 0) is 9.59 Å². The van der Waals surface area contributed by atoms with Crippen molar-refractivity contribution in [3.63, 3.8) is 0 Å². The lowest BCUT2D eigenvalue weighted by Gasteiger charge is -2.32. The van der Waals surface area contributed by atoms with Crippen LogP contribution in [-0.4, -0.2) is 58.4 Å². The molecule has 22 heavy (non-hydrogen) atoms. The molecule has 3 rings (SSSR count). The highest BCUT2D eigenvalue weighted by atomic mass is 32.2. The van der Waals surface area contributed by atoms with Crippen LogP contribution in [0.3, 0.4) is 0 Å². The Labute approximate surface area is 133 Å². The molecule has 3 aliphatic rings.